The zero-order valence-corrected chi connectivity index (χ0v) is 18.0. The summed E-state index contributed by atoms with van der Waals surface area (Å²) in [5, 5.41) is 4.33. The number of hydrogen-bond acceptors (Lipinski definition) is 3. The summed E-state index contributed by atoms with van der Waals surface area (Å²) >= 11 is 6.19. The minimum atomic E-state index is -0.690. The van der Waals surface area contributed by atoms with Gasteiger partial charge in [-0.2, -0.15) is 0 Å². The molecule has 0 radical (unpaired) electrons. The molecule has 0 fully saturated rings. The molecule has 0 spiro atoms. The van der Waals surface area contributed by atoms with Gasteiger partial charge in [0.2, 0.25) is 0 Å². The van der Waals surface area contributed by atoms with Crippen molar-refractivity contribution in [2.75, 3.05) is 5.32 Å². The van der Waals surface area contributed by atoms with E-state index < -0.39 is 29.2 Å². The maximum Gasteiger partial charge on any atom is 0.305 e. The monoisotopic (exact) mass is 432 g/mol. The number of esters is 1. The number of benzene rings is 2. The van der Waals surface area contributed by atoms with Crippen LogP contribution in [0.2, 0.25) is 5.02 Å². The topological polar surface area (TPSA) is 54.1 Å². The molecule has 2 unspecified atom stereocenters. The summed E-state index contributed by atoms with van der Waals surface area (Å²) in [6.07, 6.45) is 1.21. The molecule has 3 aromatic rings. The summed E-state index contributed by atoms with van der Waals surface area (Å²) in [5.74, 6) is -2.18. The highest BCUT2D eigenvalue weighted by Gasteiger charge is 2.44. The van der Waals surface area contributed by atoms with E-state index >= 15 is 8.78 Å². The van der Waals surface area contributed by atoms with Crippen molar-refractivity contribution in [2.45, 2.75) is 51.7 Å². The molecule has 0 amide bonds. The standard InChI is InChI=1S/C23H23ClF2N2O2/c1-5-17(29)30-22-11(2)18-16(28-23(22,3)4)9-15(25)19(20(18)26)13-8-6-7-12-14(24)10-27-21(12)13/h6-11,22,27-28H,5H2,1-4H3. The second kappa shape index (κ2) is 7.27. The van der Waals surface area contributed by atoms with Crippen LogP contribution < -0.4 is 5.32 Å². The summed E-state index contributed by atoms with van der Waals surface area (Å²) in [7, 11) is 0. The smallest absolute Gasteiger partial charge is 0.305 e. The van der Waals surface area contributed by atoms with Gasteiger partial charge in [-0.1, -0.05) is 43.6 Å². The number of carbonyl (C=O) groups excluding carboxylic acids is 1. The van der Waals surface area contributed by atoms with Gasteiger partial charge in [-0.05, 0) is 19.9 Å². The highest BCUT2D eigenvalue weighted by molar-refractivity contribution is 6.36. The molecule has 2 atom stereocenters. The van der Waals surface area contributed by atoms with Crippen molar-refractivity contribution >= 4 is 34.2 Å². The second-order valence-electron chi connectivity index (χ2n) is 8.27. The number of ether oxygens (including phenoxy) is 1. The van der Waals surface area contributed by atoms with Crippen LogP contribution in [0, 0.1) is 11.6 Å². The number of rotatable bonds is 3. The van der Waals surface area contributed by atoms with E-state index in [4.69, 9.17) is 16.3 Å². The van der Waals surface area contributed by atoms with Gasteiger partial charge in [0.15, 0.2) is 0 Å². The Morgan fingerprint density at radius 1 is 1.30 bits per heavy atom. The number of carbonyl (C=O) groups is 1. The van der Waals surface area contributed by atoms with Crippen LogP contribution in [-0.2, 0) is 9.53 Å². The average Bonchev–Trinajstić information content (AvgIpc) is 3.06. The molecule has 4 nitrogen and oxygen atoms in total. The third-order valence-corrected chi connectivity index (χ3v) is 6.13. The summed E-state index contributed by atoms with van der Waals surface area (Å²) in [6, 6.07) is 6.47. The van der Waals surface area contributed by atoms with Crippen LogP contribution >= 0.6 is 11.6 Å². The normalized spacial score (nSPS) is 20.0. The first-order chi connectivity index (χ1) is 14.2. The van der Waals surface area contributed by atoms with Crippen molar-refractivity contribution < 1.29 is 18.3 Å². The van der Waals surface area contributed by atoms with E-state index in [0.29, 0.717) is 32.7 Å². The lowest BCUT2D eigenvalue weighted by molar-refractivity contribution is -0.152. The Hall–Kier alpha value is -2.60. The van der Waals surface area contributed by atoms with Crippen LogP contribution in [0.5, 0.6) is 0 Å². The molecular formula is C23H23ClF2N2O2. The first-order valence-corrected chi connectivity index (χ1v) is 10.3. The van der Waals surface area contributed by atoms with Crippen molar-refractivity contribution in [1.82, 2.24) is 4.98 Å². The average molecular weight is 433 g/mol. The number of para-hydroxylation sites is 1. The van der Waals surface area contributed by atoms with Crippen LogP contribution in [0.15, 0.2) is 30.5 Å². The van der Waals surface area contributed by atoms with Gasteiger partial charge in [0.1, 0.15) is 17.7 Å². The molecule has 7 heteroatoms. The van der Waals surface area contributed by atoms with Crippen LogP contribution in [-0.4, -0.2) is 22.6 Å². The maximum atomic E-state index is 15.9. The number of aromatic amines is 1. The molecule has 0 bridgehead atoms. The lowest BCUT2D eigenvalue weighted by Gasteiger charge is -2.44. The van der Waals surface area contributed by atoms with Gasteiger partial charge in [0.25, 0.3) is 0 Å². The molecule has 30 heavy (non-hydrogen) atoms. The zero-order chi connectivity index (χ0) is 21.8. The van der Waals surface area contributed by atoms with Crippen molar-refractivity contribution in [3.05, 3.63) is 52.7 Å². The molecule has 1 aliphatic heterocycles. The number of anilines is 1. The van der Waals surface area contributed by atoms with E-state index in [-0.39, 0.29) is 18.0 Å². The highest BCUT2D eigenvalue weighted by Crippen LogP contribution is 2.46. The fourth-order valence-corrected chi connectivity index (χ4v) is 4.64. The Kier molecular flexibility index (Phi) is 5.01. The fourth-order valence-electron chi connectivity index (χ4n) is 4.43. The van der Waals surface area contributed by atoms with E-state index in [1.807, 2.05) is 13.8 Å². The van der Waals surface area contributed by atoms with Crippen molar-refractivity contribution in [1.29, 1.82) is 0 Å². The number of aromatic nitrogens is 1. The number of hydrogen-bond donors (Lipinski definition) is 2. The van der Waals surface area contributed by atoms with Gasteiger partial charge in [-0.25, -0.2) is 8.78 Å². The molecule has 1 aliphatic rings. The van der Waals surface area contributed by atoms with Gasteiger partial charge in [-0.3, -0.25) is 4.79 Å². The van der Waals surface area contributed by atoms with Gasteiger partial charge in [0, 0.05) is 40.7 Å². The number of nitrogens with one attached hydrogen (secondary N) is 2. The molecule has 2 N–H and O–H groups in total. The van der Waals surface area contributed by atoms with Crippen LogP contribution in [0.25, 0.3) is 22.0 Å². The molecule has 4 rings (SSSR count). The van der Waals surface area contributed by atoms with E-state index in [1.54, 1.807) is 38.2 Å². The van der Waals surface area contributed by atoms with Crippen molar-refractivity contribution in [2.24, 2.45) is 0 Å². The molecule has 1 aromatic heterocycles. The number of H-pyrrole nitrogens is 1. The third kappa shape index (κ3) is 3.14. The molecule has 0 saturated carbocycles. The highest BCUT2D eigenvalue weighted by atomic mass is 35.5. The minimum absolute atomic E-state index is 0.133. The van der Waals surface area contributed by atoms with Crippen molar-refractivity contribution in [3.63, 3.8) is 0 Å². The Labute approximate surface area is 178 Å². The maximum absolute atomic E-state index is 15.9. The first-order valence-electron chi connectivity index (χ1n) is 9.91. The van der Waals surface area contributed by atoms with Gasteiger partial charge < -0.3 is 15.0 Å². The van der Waals surface area contributed by atoms with Gasteiger partial charge >= 0.3 is 5.97 Å². The van der Waals surface area contributed by atoms with E-state index in [2.05, 4.69) is 10.3 Å². The third-order valence-electron chi connectivity index (χ3n) is 5.82. The summed E-state index contributed by atoms with van der Waals surface area (Å²) in [5.41, 5.74) is 0.792. The SMILES string of the molecule is CCC(=O)OC1C(C)c2c(cc(F)c(-c3cccc4c(Cl)c[nH]c34)c2F)NC1(C)C. The minimum Gasteiger partial charge on any atom is -0.459 e. The second-order valence-corrected chi connectivity index (χ2v) is 8.68. The Morgan fingerprint density at radius 2 is 2.03 bits per heavy atom. The number of halogens is 3. The van der Waals surface area contributed by atoms with Crippen LogP contribution in [0.4, 0.5) is 14.5 Å². The summed E-state index contributed by atoms with van der Waals surface area (Å²) in [6.45, 7) is 7.21. The van der Waals surface area contributed by atoms with E-state index in [9.17, 15) is 4.79 Å². The molecule has 0 saturated heterocycles. The van der Waals surface area contributed by atoms with Crippen molar-refractivity contribution in [3.8, 4) is 11.1 Å². The Balaban J connectivity index is 1.91. The molecule has 0 aliphatic carbocycles. The lowest BCUT2D eigenvalue weighted by atomic mass is 9.77. The first kappa shape index (κ1) is 20.7. The largest absolute Gasteiger partial charge is 0.459 e. The Bertz CT molecular complexity index is 1160. The lowest BCUT2D eigenvalue weighted by Crippen LogP contribution is -2.52. The molecular weight excluding hydrogens is 410 g/mol. The predicted octanol–water partition coefficient (Wildman–Crippen LogP) is 6.40. The fraction of sp³-hybridized carbons (Fsp3) is 0.348. The number of fused-ring (bicyclic) bond motifs is 2. The van der Waals surface area contributed by atoms with E-state index in [0.717, 1.165) is 0 Å². The molecule has 158 valence electrons. The zero-order valence-electron chi connectivity index (χ0n) is 17.2. The predicted molar refractivity (Wildman–Crippen MR) is 115 cm³/mol. The van der Waals surface area contributed by atoms with Crippen LogP contribution in [0.3, 0.4) is 0 Å². The summed E-state index contributed by atoms with van der Waals surface area (Å²) < 4.78 is 36.7. The molecule has 2 aromatic carbocycles. The molecule has 2 heterocycles. The van der Waals surface area contributed by atoms with E-state index in [1.165, 1.54) is 6.07 Å². The Morgan fingerprint density at radius 3 is 2.73 bits per heavy atom. The quantitative estimate of drug-likeness (QED) is 0.471. The van der Waals surface area contributed by atoms with Crippen LogP contribution in [0.1, 0.15) is 45.6 Å². The summed E-state index contributed by atoms with van der Waals surface area (Å²) in [4.78, 5) is 15.0. The van der Waals surface area contributed by atoms with Gasteiger partial charge in [-0.15, -0.1) is 0 Å². The van der Waals surface area contributed by atoms with Gasteiger partial charge in [0.05, 0.1) is 21.6 Å².